The van der Waals surface area contributed by atoms with Crippen LogP contribution < -0.4 is 0 Å². The van der Waals surface area contributed by atoms with Gasteiger partial charge in [-0.25, -0.2) is 4.98 Å². The summed E-state index contributed by atoms with van der Waals surface area (Å²) < 4.78 is 0.879. The summed E-state index contributed by atoms with van der Waals surface area (Å²) in [7, 11) is 0. The van der Waals surface area contributed by atoms with Crippen molar-refractivity contribution in [1.29, 1.82) is 0 Å². The van der Waals surface area contributed by atoms with Crippen LogP contribution in [0.3, 0.4) is 0 Å². The number of rotatable bonds is 5. The first-order valence-corrected chi connectivity index (χ1v) is 8.60. The molecular weight excluding hydrogens is 304 g/mol. The van der Waals surface area contributed by atoms with Gasteiger partial charge in [0.15, 0.2) is 4.34 Å². The second kappa shape index (κ2) is 6.60. The number of carboxylic acids is 1. The number of benzene rings is 1. The summed E-state index contributed by atoms with van der Waals surface area (Å²) in [6, 6.07) is 10.5. The van der Waals surface area contributed by atoms with Crippen molar-refractivity contribution in [3.8, 4) is 0 Å². The van der Waals surface area contributed by atoms with E-state index < -0.39 is 5.97 Å². The SMILES string of the molecule is O=C(O)CSc1nc2c(s1)CN(Cc1ccccc1)CC2. The Bertz CT molecular complexity index is 628. The summed E-state index contributed by atoms with van der Waals surface area (Å²) in [5.41, 5.74) is 2.48. The van der Waals surface area contributed by atoms with E-state index in [4.69, 9.17) is 5.11 Å². The first-order chi connectivity index (χ1) is 10.2. The van der Waals surface area contributed by atoms with Crippen molar-refractivity contribution in [2.75, 3.05) is 12.3 Å². The topological polar surface area (TPSA) is 53.4 Å². The summed E-state index contributed by atoms with van der Waals surface area (Å²) in [6.07, 6.45) is 0.951. The lowest BCUT2D eigenvalue weighted by molar-refractivity contribution is -0.133. The molecule has 2 aromatic rings. The van der Waals surface area contributed by atoms with Crippen LogP contribution >= 0.6 is 23.1 Å². The molecule has 110 valence electrons. The number of aliphatic carboxylic acids is 1. The minimum atomic E-state index is -0.793. The Hall–Kier alpha value is -1.37. The third kappa shape index (κ3) is 3.84. The van der Waals surface area contributed by atoms with Crippen molar-refractivity contribution in [1.82, 2.24) is 9.88 Å². The minimum Gasteiger partial charge on any atom is -0.481 e. The molecule has 1 aliphatic rings. The van der Waals surface area contributed by atoms with E-state index in [9.17, 15) is 4.79 Å². The number of nitrogens with zero attached hydrogens (tertiary/aromatic N) is 2. The fourth-order valence-electron chi connectivity index (χ4n) is 2.39. The van der Waals surface area contributed by atoms with E-state index in [0.29, 0.717) is 0 Å². The van der Waals surface area contributed by atoms with Crippen molar-refractivity contribution >= 4 is 29.1 Å². The molecule has 4 nitrogen and oxygen atoms in total. The van der Waals surface area contributed by atoms with Gasteiger partial charge in [0.05, 0.1) is 11.4 Å². The first-order valence-electron chi connectivity index (χ1n) is 6.80. The standard InChI is InChI=1S/C15H16N2O2S2/c18-14(19)10-20-15-16-12-6-7-17(9-13(12)21-15)8-11-4-2-1-3-5-11/h1-5H,6-10H2,(H,18,19). The summed E-state index contributed by atoms with van der Waals surface area (Å²) in [6.45, 7) is 2.87. The Balaban J connectivity index is 1.63. The maximum atomic E-state index is 10.6. The van der Waals surface area contributed by atoms with E-state index in [1.54, 1.807) is 11.3 Å². The molecule has 1 aliphatic heterocycles. The van der Waals surface area contributed by atoms with Crippen molar-refractivity contribution in [2.24, 2.45) is 0 Å². The number of thioether (sulfide) groups is 1. The van der Waals surface area contributed by atoms with Crippen LogP contribution in [0.4, 0.5) is 0 Å². The molecule has 0 spiro atoms. The van der Waals surface area contributed by atoms with Crippen LogP contribution in [0.5, 0.6) is 0 Å². The van der Waals surface area contributed by atoms with Gasteiger partial charge in [-0.1, -0.05) is 42.1 Å². The van der Waals surface area contributed by atoms with E-state index in [0.717, 1.165) is 36.1 Å². The zero-order chi connectivity index (χ0) is 14.7. The maximum Gasteiger partial charge on any atom is 0.313 e. The van der Waals surface area contributed by atoms with Crippen LogP contribution in [-0.4, -0.2) is 33.3 Å². The van der Waals surface area contributed by atoms with Crippen LogP contribution in [-0.2, 0) is 24.3 Å². The Morgan fingerprint density at radius 1 is 1.38 bits per heavy atom. The highest BCUT2D eigenvalue weighted by Gasteiger charge is 2.21. The third-order valence-electron chi connectivity index (χ3n) is 3.36. The molecule has 0 fully saturated rings. The van der Waals surface area contributed by atoms with Crippen molar-refractivity contribution in [3.05, 3.63) is 46.5 Å². The molecule has 6 heteroatoms. The van der Waals surface area contributed by atoms with Gasteiger partial charge in [-0.05, 0) is 5.56 Å². The first kappa shape index (κ1) is 14.6. The Morgan fingerprint density at radius 2 is 2.19 bits per heavy atom. The quantitative estimate of drug-likeness (QED) is 0.859. The summed E-state index contributed by atoms with van der Waals surface area (Å²) in [5, 5.41) is 8.73. The zero-order valence-electron chi connectivity index (χ0n) is 11.5. The van der Waals surface area contributed by atoms with Crippen LogP contribution in [0.25, 0.3) is 0 Å². The molecule has 0 atom stereocenters. The van der Waals surface area contributed by atoms with Crippen LogP contribution in [0.1, 0.15) is 16.1 Å². The van der Waals surface area contributed by atoms with E-state index in [1.807, 2.05) is 6.07 Å². The average Bonchev–Trinajstić information content (AvgIpc) is 2.88. The Labute approximate surface area is 131 Å². The minimum absolute atomic E-state index is 0.0835. The number of fused-ring (bicyclic) bond motifs is 1. The number of thiazole rings is 1. The lowest BCUT2D eigenvalue weighted by Gasteiger charge is -2.25. The number of hydrogen-bond donors (Lipinski definition) is 1. The van der Waals surface area contributed by atoms with E-state index >= 15 is 0 Å². The van der Waals surface area contributed by atoms with E-state index in [1.165, 1.54) is 22.2 Å². The molecule has 2 heterocycles. The van der Waals surface area contributed by atoms with Crippen LogP contribution in [0, 0.1) is 0 Å². The van der Waals surface area contributed by atoms with Crippen molar-refractivity contribution in [3.63, 3.8) is 0 Å². The maximum absolute atomic E-state index is 10.6. The van der Waals surface area contributed by atoms with Gasteiger partial charge in [0.25, 0.3) is 0 Å². The van der Waals surface area contributed by atoms with Gasteiger partial charge >= 0.3 is 5.97 Å². The molecular formula is C15H16N2O2S2. The average molecular weight is 320 g/mol. The molecule has 0 amide bonds. The highest BCUT2D eigenvalue weighted by Crippen LogP contribution is 2.31. The molecule has 1 aromatic heterocycles. The second-order valence-electron chi connectivity index (χ2n) is 4.98. The van der Waals surface area contributed by atoms with Gasteiger partial charge in [-0.2, -0.15) is 0 Å². The lowest BCUT2D eigenvalue weighted by Crippen LogP contribution is -2.29. The molecule has 0 bridgehead atoms. The van der Waals surface area contributed by atoms with Crippen molar-refractivity contribution < 1.29 is 9.90 Å². The van der Waals surface area contributed by atoms with Crippen LogP contribution in [0.15, 0.2) is 34.7 Å². The van der Waals surface area contributed by atoms with Gasteiger partial charge in [-0.3, -0.25) is 9.69 Å². The summed E-state index contributed by atoms with van der Waals surface area (Å²) in [5.74, 6) is -0.709. The normalized spacial score (nSPS) is 14.9. The number of aromatic nitrogens is 1. The highest BCUT2D eigenvalue weighted by molar-refractivity contribution is 8.01. The van der Waals surface area contributed by atoms with E-state index in [2.05, 4.69) is 34.1 Å². The van der Waals surface area contributed by atoms with Crippen LogP contribution in [0.2, 0.25) is 0 Å². The number of hydrogen-bond acceptors (Lipinski definition) is 5. The van der Waals surface area contributed by atoms with Gasteiger partial charge in [0.1, 0.15) is 0 Å². The molecule has 0 radical (unpaired) electrons. The molecule has 3 rings (SSSR count). The van der Waals surface area contributed by atoms with Gasteiger partial charge in [-0.15, -0.1) is 11.3 Å². The van der Waals surface area contributed by atoms with Gasteiger partial charge in [0.2, 0.25) is 0 Å². The largest absolute Gasteiger partial charge is 0.481 e. The molecule has 0 saturated heterocycles. The Kier molecular flexibility index (Phi) is 4.57. The molecule has 1 aromatic carbocycles. The molecule has 0 saturated carbocycles. The monoisotopic (exact) mass is 320 g/mol. The Morgan fingerprint density at radius 3 is 2.95 bits per heavy atom. The van der Waals surface area contributed by atoms with Gasteiger partial charge < -0.3 is 5.11 Å². The predicted octanol–water partition coefficient (Wildman–Crippen LogP) is 2.88. The summed E-state index contributed by atoms with van der Waals surface area (Å²) in [4.78, 5) is 18.9. The predicted molar refractivity (Wildman–Crippen MR) is 84.7 cm³/mol. The number of carbonyl (C=O) groups is 1. The molecule has 21 heavy (non-hydrogen) atoms. The molecule has 0 unspecified atom stereocenters. The van der Waals surface area contributed by atoms with Crippen molar-refractivity contribution in [2.45, 2.75) is 23.8 Å². The number of carboxylic acid groups (broad SMARTS) is 1. The highest BCUT2D eigenvalue weighted by atomic mass is 32.2. The fourth-order valence-corrected chi connectivity index (χ4v) is 4.40. The summed E-state index contributed by atoms with van der Waals surface area (Å²) >= 11 is 2.96. The zero-order valence-corrected chi connectivity index (χ0v) is 13.1. The fraction of sp³-hybridized carbons (Fsp3) is 0.333. The third-order valence-corrected chi connectivity index (χ3v) is 5.57. The van der Waals surface area contributed by atoms with Gasteiger partial charge in [0, 0.05) is 30.9 Å². The molecule has 1 N–H and O–H groups in total. The molecule has 0 aliphatic carbocycles. The smallest absolute Gasteiger partial charge is 0.313 e. The van der Waals surface area contributed by atoms with E-state index in [-0.39, 0.29) is 5.75 Å². The second-order valence-corrected chi connectivity index (χ2v) is 7.28. The lowest BCUT2D eigenvalue weighted by atomic mass is 10.1.